The molecule has 0 spiro atoms. The van der Waals surface area contributed by atoms with E-state index in [0.29, 0.717) is 0 Å². The van der Waals surface area contributed by atoms with Gasteiger partial charge >= 0.3 is 224 Å². The van der Waals surface area contributed by atoms with E-state index in [-0.39, 0.29) is 18.7 Å². The van der Waals surface area contributed by atoms with Crippen molar-refractivity contribution < 1.29 is 9.53 Å². The van der Waals surface area contributed by atoms with Crippen LogP contribution in [0.15, 0.2) is 127 Å². The average molecular weight is 574 g/mol. The van der Waals surface area contributed by atoms with Crippen molar-refractivity contribution in [3.8, 4) is 10.6 Å². The summed E-state index contributed by atoms with van der Waals surface area (Å²) in [5, 5.41) is 2.74. The van der Waals surface area contributed by atoms with Gasteiger partial charge in [0.25, 0.3) is 0 Å². The van der Waals surface area contributed by atoms with Crippen LogP contribution in [0.5, 0.6) is 0 Å². The van der Waals surface area contributed by atoms with Gasteiger partial charge in [-0.1, -0.05) is 0 Å². The Morgan fingerprint density at radius 1 is 0.722 bits per heavy atom. The zero-order valence-corrected chi connectivity index (χ0v) is 22.8. The summed E-state index contributed by atoms with van der Waals surface area (Å²) in [6, 6.07) is 40.8. The number of ether oxygens (including phenoxy) is 1. The van der Waals surface area contributed by atoms with Crippen LogP contribution in [0.1, 0.15) is 5.69 Å². The van der Waals surface area contributed by atoms with Crippen molar-refractivity contribution in [3.63, 3.8) is 0 Å². The van der Waals surface area contributed by atoms with Crippen molar-refractivity contribution in [3.05, 3.63) is 132 Å². The van der Waals surface area contributed by atoms with Gasteiger partial charge in [-0.2, -0.15) is 0 Å². The molecule has 4 aromatic carbocycles. The summed E-state index contributed by atoms with van der Waals surface area (Å²) < 4.78 is 5.87. The van der Waals surface area contributed by atoms with Gasteiger partial charge in [0.1, 0.15) is 0 Å². The van der Waals surface area contributed by atoms with E-state index in [9.17, 15) is 4.79 Å². The predicted octanol–water partition coefficient (Wildman–Crippen LogP) is 6.69. The van der Waals surface area contributed by atoms with Crippen LogP contribution in [0.25, 0.3) is 10.6 Å². The summed E-state index contributed by atoms with van der Waals surface area (Å²) in [7, 11) is 0. The van der Waals surface area contributed by atoms with Crippen LogP contribution in [-0.4, -0.2) is 17.1 Å². The molecule has 0 aliphatic rings. The number of benzene rings is 4. The molecular formula is C30H25BrNO2PS. The van der Waals surface area contributed by atoms with Gasteiger partial charge in [0.2, 0.25) is 0 Å². The van der Waals surface area contributed by atoms with E-state index >= 15 is 0 Å². The molecule has 36 heavy (non-hydrogen) atoms. The van der Waals surface area contributed by atoms with Gasteiger partial charge in [-0.05, 0) is 0 Å². The van der Waals surface area contributed by atoms with Gasteiger partial charge in [-0.15, -0.1) is 0 Å². The topological polar surface area (TPSA) is 39.2 Å². The molecule has 0 fully saturated rings. The number of carbonyl (C=O) groups is 1. The minimum atomic E-state index is -3.37. The molecule has 0 amide bonds. The number of carbonyl (C=O) groups excluding carboxylic acids is 1. The van der Waals surface area contributed by atoms with Gasteiger partial charge < -0.3 is 0 Å². The number of aromatic nitrogens is 1. The first kappa shape index (κ1) is 24.6. The third kappa shape index (κ3) is 4.67. The number of rotatable bonds is 8. The normalized spacial score (nSPS) is 12.4. The van der Waals surface area contributed by atoms with Crippen molar-refractivity contribution in [2.45, 2.75) is 6.61 Å². The van der Waals surface area contributed by atoms with Crippen LogP contribution in [0.2, 0.25) is 0 Å². The Balaban J connectivity index is 1.49. The van der Waals surface area contributed by atoms with Crippen molar-refractivity contribution in [1.82, 2.24) is 4.98 Å². The maximum atomic E-state index is 13.6. The molecule has 0 radical (unpaired) electrons. The van der Waals surface area contributed by atoms with Crippen molar-refractivity contribution in [2.24, 2.45) is 0 Å². The molecule has 0 saturated carbocycles. The SMILES string of the molecule is O=C(CP(Br)(c1ccccc1)(c1ccccc1)c1ccccc1)OCc1csc(-c2ccccc2)n1. The number of hydrogen-bond donors (Lipinski definition) is 0. The van der Waals surface area contributed by atoms with Crippen LogP contribution in [-0.2, 0) is 16.1 Å². The molecule has 0 bridgehead atoms. The Kier molecular flexibility index (Phi) is 7.15. The average Bonchev–Trinajstić information content (AvgIpc) is 3.43. The molecule has 0 N–H and O–H groups in total. The van der Waals surface area contributed by atoms with Gasteiger partial charge in [-0.3, -0.25) is 0 Å². The zero-order valence-electron chi connectivity index (χ0n) is 19.5. The van der Waals surface area contributed by atoms with E-state index in [1.807, 2.05) is 90.3 Å². The number of esters is 1. The molecule has 3 nitrogen and oxygen atoms in total. The molecule has 0 saturated heterocycles. The molecule has 6 heteroatoms. The molecule has 0 aliphatic heterocycles. The fourth-order valence-corrected chi connectivity index (χ4v) is 12.4. The fraction of sp³-hybridized carbons (Fsp3) is 0.0667. The second-order valence-corrected chi connectivity index (χ2v) is 18.3. The molecule has 1 aromatic heterocycles. The minimum absolute atomic E-state index is 0.139. The quantitative estimate of drug-likeness (QED) is 0.153. The third-order valence-corrected chi connectivity index (χ3v) is 16.6. The van der Waals surface area contributed by atoms with E-state index < -0.39 is 5.31 Å². The number of halogens is 1. The van der Waals surface area contributed by atoms with E-state index in [1.165, 1.54) is 0 Å². The molecule has 0 atom stereocenters. The maximum absolute atomic E-state index is 13.6. The van der Waals surface area contributed by atoms with Crippen LogP contribution < -0.4 is 15.9 Å². The molecular weight excluding hydrogens is 549 g/mol. The number of thiazole rings is 1. The first-order valence-electron chi connectivity index (χ1n) is 11.6. The van der Waals surface area contributed by atoms with Gasteiger partial charge in [0, 0.05) is 0 Å². The molecule has 180 valence electrons. The Morgan fingerprint density at radius 3 is 1.64 bits per heavy atom. The van der Waals surface area contributed by atoms with Crippen LogP contribution in [0, 0.1) is 0 Å². The fourth-order valence-electron chi connectivity index (χ4n) is 4.47. The summed E-state index contributed by atoms with van der Waals surface area (Å²) >= 11 is 5.85. The Labute approximate surface area is 223 Å². The summed E-state index contributed by atoms with van der Waals surface area (Å²) in [5.41, 5.74) is 1.81. The molecule has 5 aromatic rings. The number of hydrogen-bond acceptors (Lipinski definition) is 4. The first-order valence-corrected chi connectivity index (χ1v) is 16.9. The van der Waals surface area contributed by atoms with Gasteiger partial charge in [0.05, 0.1) is 0 Å². The van der Waals surface area contributed by atoms with Gasteiger partial charge in [0.15, 0.2) is 0 Å². The second kappa shape index (κ2) is 10.5. The number of nitrogens with zero attached hydrogens (tertiary/aromatic N) is 1. The van der Waals surface area contributed by atoms with Crippen LogP contribution >= 0.6 is 32.1 Å². The van der Waals surface area contributed by atoms with Gasteiger partial charge in [-0.25, -0.2) is 0 Å². The summed E-state index contributed by atoms with van der Waals surface area (Å²) in [4.78, 5) is 18.3. The molecule has 0 aliphatic carbocycles. The second-order valence-electron chi connectivity index (χ2n) is 8.52. The van der Waals surface area contributed by atoms with Crippen molar-refractivity contribution in [1.29, 1.82) is 0 Å². The summed E-state index contributed by atoms with van der Waals surface area (Å²) in [5.74, 6) is -0.268. The summed E-state index contributed by atoms with van der Waals surface area (Å²) in [6.07, 6.45) is 0.194. The monoisotopic (exact) mass is 573 g/mol. The third-order valence-electron chi connectivity index (χ3n) is 6.26. The summed E-state index contributed by atoms with van der Waals surface area (Å²) in [6.45, 7) is 0.139. The van der Waals surface area contributed by atoms with Crippen molar-refractivity contribution >= 4 is 54.0 Å². The predicted molar refractivity (Wildman–Crippen MR) is 156 cm³/mol. The van der Waals surface area contributed by atoms with E-state index in [1.54, 1.807) is 11.3 Å². The van der Waals surface area contributed by atoms with E-state index in [0.717, 1.165) is 32.2 Å². The van der Waals surface area contributed by atoms with Crippen molar-refractivity contribution in [2.75, 3.05) is 6.16 Å². The Hall–Kier alpha value is -3.11. The van der Waals surface area contributed by atoms with E-state index in [4.69, 9.17) is 4.74 Å². The van der Waals surface area contributed by atoms with Crippen LogP contribution in [0.3, 0.4) is 0 Å². The Morgan fingerprint density at radius 2 is 1.17 bits per heavy atom. The van der Waals surface area contributed by atoms with E-state index in [2.05, 4.69) is 56.9 Å². The molecule has 5 rings (SSSR count). The standard InChI is InChI=1S/C30H25BrNO2PS/c31-35(26-15-7-2-8-16-26,27-17-9-3-10-18-27,28-19-11-4-12-20-28)22-29(33)34-21-25-23-36-30(32-25)24-13-5-1-6-14-24/h1-20,23H,21-22H2. The Bertz CT molecular complexity index is 1340. The molecule has 1 heterocycles. The zero-order chi connectivity index (χ0) is 24.9. The molecule has 0 unspecified atom stereocenters. The van der Waals surface area contributed by atoms with Crippen LogP contribution in [0.4, 0.5) is 0 Å². The first-order chi connectivity index (χ1) is 17.6.